The number of ether oxygens (including phenoxy) is 1. The van der Waals surface area contributed by atoms with Gasteiger partial charge in [0.1, 0.15) is 31.3 Å². The van der Waals surface area contributed by atoms with E-state index in [0.717, 1.165) is 24.1 Å². The Morgan fingerprint density at radius 2 is 2.14 bits per heavy atom. The number of aromatic nitrogens is 2. The largest absolute Gasteiger partial charge is 0.506 e. The van der Waals surface area contributed by atoms with Crippen molar-refractivity contribution < 1.29 is 14.7 Å². The number of morpholine rings is 1. The Bertz CT molecular complexity index is 675. The molecule has 2 aromatic rings. The second-order valence-electron chi connectivity index (χ2n) is 5.08. The molecule has 0 saturated carbocycles. The van der Waals surface area contributed by atoms with Crippen LogP contribution >= 0.6 is 0 Å². The van der Waals surface area contributed by atoms with E-state index in [4.69, 9.17) is 4.74 Å². The summed E-state index contributed by atoms with van der Waals surface area (Å²) >= 11 is 0. The number of aliphatic hydroxyl groups is 1. The summed E-state index contributed by atoms with van der Waals surface area (Å²) in [5.74, 6) is 0.498. The number of quaternary nitrogens is 1. The lowest BCUT2D eigenvalue weighted by Crippen LogP contribution is -3.14. The van der Waals surface area contributed by atoms with Crippen LogP contribution in [-0.2, 0) is 4.74 Å². The van der Waals surface area contributed by atoms with Gasteiger partial charge < -0.3 is 19.7 Å². The Kier molecular flexibility index (Phi) is 3.86. The molecule has 0 atom stereocenters. The number of fused-ring (bicyclic) bond motifs is 1. The number of nitriles is 1. The minimum absolute atomic E-state index is 0.0773. The van der Waals surface area contributed by atoms with Crippen LogP contribution in [0.5, 0.6) is 0 Å². The summed E-state index contributed by atoms with van der Waals surface area (Å²) < 4.78 is 5.29. The van der Waals surface area contributed by atoms with Crippen LogP contribution in [0.1, 0.15) is 5.82 Å². The molecule has 1 aromatic heterocycles. The predicted molar refractivity (Wildman–Crippen MR) is 77.6 cm³/mol. The van der Waals surface area contributed by atoms with Gasteiger partial charge >= 0.3 is 0 Å². The molecule has 3 rings (SSSR count). The first-order chi connectivity index (χ1) is 10.3. The van der Waals surface area contributed by atoms with E-state index in [2.05, 4.69) is 16.0 Å². The van der Waals surface area contributed by atoms with Gasteiger partial charge in [-0.05, 0) is 12.1 Å². The number of H-pyrrole nitrogens is 1. The third kappa shape index (κ3) is 2.89. The fraction of sp³-hybridized carbons (Fsp3) is 0.333. The van der Waals surface area contributed by atoms with Crippen LogP contribution in [0.2, 0.25) is 0 Å². The molecular weight excluding hydrogens is 268 g/mol. The smallest absolute Gasteiger partial charge is 0.169 e. The third-order valence-corrected chi connectivity index (χ3v) is 3.64. The lowest BCUT2D eigenvalue weighted by atomic mass is 10.2. The maximum Gasteiger partial charge on any atom is 0.169 e. The maximum atomic E-state index is 10.3. The number of aromatic amines is 1. The third-order valence-electron chi connectivity index (χ3n) is 3.64. The minimum Gasteiger partial charge on any atom is -0.506 e. The van der Waals surface area contributed by atoms with Crippen molar-refractivity contribution in [2.75, 3.05) is 32.8 Å². The number of hydrogen-bond donors (Lipinski definition) is 3. The zero-order valence-corrected chi connectivity index (χ0v) is 11.6. The molecule has 108 valence electrons. The van der Waals surface area contributed by atoms with E-state index >= 15 is 0 Å². The van der Waals surface area contributed by atoms with Gasteiger partial charge in [-0.1, -0.05) is 12.1 Å². The molecule has 1 aromatic carbocycles. The Morgan fingerprint density at radius 3 is 2.86 bits per heavy atom. The molecule has 6 nitrogen and oxygen atoms in total. The van der Waals surface area contributed by atoms with Crippen LogP contribution in [-0.4, -0.2) is 47.9 Å². The number of benzene rings is 1. The summed E-state index contributed by atoms with van der Waals surface area (Å²) in [5, 5.41) is 19.6. The van der Waals surface area contributed by atoms with Crippen molar-refractivity contribution in [3.63, 3.8) is 0 Å². The Balaban J connectivity index is 1.88. The summed E-state index contributed by atoms with van der Waals surface area (Å²) in [4.78, 5) is 8.66. The number of nitrogens with one attached hydrogen (secondary N) is 2. The molecule has 21 heavy (non-hydrogen) atoms. The number of para-hydroxylation sites is 2. The first-order valence-corrected chi connectivity index (χ1v) is 6.96. The summed E-state index contributed by atoms with van der Waals surface area (Å²) in [6, 6.07) is 9.61. The van der Waals surface area contributed by atoms with Crippen molar-refractivity contribution >= 4 is 16.6 Å². The topological polar surface area (TPSA) is 86.4 Å². The molecule has 1 fully saturated rings. The van der Waals surface area contributed by atoms with Gasteiger partial charge in [0.15, 0.2) is 11.6 Å². The molecule has 0 unspecified atom stereocenters. The van der Waals surface area contributed by atoms with Crippen molar-refractivity contribution in [2.24, 2.45) is 0 Å². The second-order valence-corrected chi connectivity index (χ2v) is 5.08. The van der Waals surface area contributed by atoms with Crippen molar-refractivity contribution in [3.05, 3.63) is 35.8 Å². The van der Waals surface area contributed by atoms with E-state index in [9.17, 15) is 10.4 Å². The molecule has 0 bridgehead atoms. The lowest BCUT2D eigenvalue weighted by Gasteiger charge is -2.23. The molecule has 0 spiro atoms. The van der Waals surface area contributed by atoms with Gasteiger partial charge in [-0.3, -0.25) is 0 Å². The van der Waals surface area contributed by atoms with E-state index in [-0.39, 0.29) is 11.3 Å². The summed E-state index contributed by atoms with van der Waals surface area (Å²) in [5.41, 5.74) is 1.85. The van der Waals surface area contributed by atoms with Crippen molar-refractivity contribution in [3.8, 4) is 6.07 Å². The van der Waals surface area contributed by atoms with Gasteiger partial charge in [0.25, 0.3) is 0 Å². The van der Waals surface area contributed by atoms with Gasteiger partial charge in [-0.2, -0.15) is 5.26 Å². The highest BCUT2D eigenvalue weighted by Crippen LogP contribution is 2.18. The second kappa shape index (κ2) is 5.95. The fourth-order valence-corrected chi connectivity index (χ4v) is 2.49. The van der Waals surface area contributed by atoms with Crippen LogP contribution in [0.3, 0.4) is 0 Å². The van der Waals surface area contributed by atoms with Gasteiger partial charge in [0.2, 0.25) is 0 Å². The zero-order chi connectivity index (χ0) is 14.7. The van der Waals surface area contributed by atoms with Gasteiger partial charge in [0, 0.05) is 0 Å². The molecule has 1 saturated heterocycles. The van der Waals surface area contributed by atoms with Crippen molar-refractivity contribution in [2.45, 2.75) is 0 Å². The van der Waals surface area contributed by atoms with Crippen LogP contribution in [0.4, 0.5) is 0 Å². The number of allylic oxidation sites excluding steroid dienone is 1. The van der Waals surface area contributed by atoms with Crippen LogP contribution < -0.4 is 4.90 Å². The van der Waals surface area contributed by atoms with Gasteiger partial charge in [-0.25, -0.2) is 4.98 Å². The number of rotatable bonds is 3. The lowest BCUT2D eigenvalue weighted by molar-refractivity contribution is -0.904. The molecule has 2 heterocycles. The average Bonchev–Trinajstić information content (AvgIpc) is 2.92. The molecular formula is C15H17N4O2+. The van der Waals surface area contributed by atoms with Crippen LogP contribution in [0.25, 0.3) is 16.6 Å². The molecule has 0 radical (unpaired) electrons. The highest BCUT2D eigenvalue weighted by atomic mass is 16.5. The van der Waals surface area contributed by atoms with E-state index in [1.165, 1.54) is 4.90 Å². The van der Waals surface area contributed by atoms with Gasteiger partial charge in [-0.15, -0.1) is 0 Å². The van der Waals surface area contributed by atoms with Crippen molar-refractivity contribution in [1.29, 1.82) is 5.26 Å². The van der Waals surface area contributed by atoms with Crippen LogP contribution in [0.15, 0.2) is 30.0 Å². The Morgan fingerprint density at radius 1 is 1.38 bits per heavy atom. The number of nitrogens with zero attached hydrogens (tertiary/aromatic N) is 2. The van der Waals surface area contributed by atoms with Gasteiger partial charge in [0.05, 0.1) is 24.2 Å². The minimum atomic E-state index is 0.0773. The van der Waals surface area contributed by atoms with E-state index in [1.807, 2.05) is 24.3 Å². The molecule has 1 aliphatic rings. The Hall–Kier alpha value is -2.36. The molecule has 6 heteroatoms. The monoisotopic (exact) mass is 285 g/mol. The number of aliphatic hydroxyl groups excluding tert-OH is 1. The van der Waals surface area contributed by atoms with Crippen LogP contribution in [0, 0.1) is 11.3 Å². The highest BCUT2D eigenvalue weighted by molar-refractivity contribution is 5.82. The van der Waals surface area contributed by atoms with E-state index in [0.29, 0.717) is 25.6 Å². The Labute approximate surface area is 122 Å². The quantitative estimate of drug-likeness (QED) is 0.558. The van der Waals surface area contributed by atoms with E-state index in [1.54, 1.807) is 0 Å². The fourth-order valence-electron chi connectivity index (χ4n) is 2.49. The molecule has 0 amide bonds. The maximum absolute atomic E-state index is 10.3. The summed E-state index contributed by atoms with van der Waals surface area (Å²) in [7, 11) is 0. The highest BCUT2D eigenvalue weighted by Gasteiger charge is 2.20. The standard InChI is InChI=1S/C15H16N4O2/c16-9-11(14(20)10-19-5-7-21-8-6-19)15-17-12-3-1-2-4-13(12)18-15/h1-4,20H,5-8,10H2,(H,17,18)/p+1/b14-11-. The number of imidazole rings is 1. The predicted octanol–water partition coefficient (Wildman–Crippen LogP) is 0.271. The van der Waals surface area contributed by atoms with E-state index < -0.39 is 0 Å². The zero-order valence-electron chi connectivity index (χ0n) is 11.6. The first kappa shape index (κ1) is 13.6. The molecule has 3 N–H and O–H groups in total. The molecule has 1 aliphatic heterocycles. The SMILES string of the molecule is N#C/C(=C(/O)C[NH+]1CCOCC1)c1nc2ccccc2[nH]1. The normalized spacial score (nSPS) is 17.5. The summed E-state index contributed by atoms with van der Waals surface area (Å²) in [6.07, 6.45) is 0. The summed E-state index contributed by atoms with van der Waals surface area (Å²) in [6.45, 7) is 3.47. The first-order valence-electron chi connectivity index (χ1n) is 6.96. The average molecular weight is 285 g/mol. The molecule has 0 aliphatic carbocycles. The van der Waals surface area contributed by atoms with Crippen molar-refractivity contribution in [1.82, 2.24) is 9.97 Å². The number of hydrogen-bond acceptors (Lipinski definition) is 4.